The maximum atomic E-state index is 14.0. The molecule has 0 saturated heterocycles. The summed E-state index contributed by atoms with van der Waals surface area (Å²) in [7, 11) is -1.96. The molecule has 3 aromatic carbocycles. The van der Waals surface area contributed by atoms with E-state index in [1.165, 1.54) is 0 Å². The molecule has 1 aliphatic rings. The zero-order valence-corrected chi connectivity index (χ0v) is 26.1. The number of carbonyl (C=O) groups is 2. The van der Waals surface area contributed by atoms with Crippen molar-refractivity contribution in [3.05, 3.63) is 126 Å². The van der Waals surface area contributed by atoms with E-state index in [2.05, 4.69) is 15.0 Å². The molecule has 2 N–H and O–H groups in total. The molecule has 1 aromatic heterocycles. The molecule has 5 rings (SSSR count). The van der Waals surface area contributed by atoms with Gasteiger partial charge in [0, 0.05) is 44.4 Å². The van der Waals surface area contributed by atoms with E-state index in [0.29, 0.717) is 18.6 Å². The van der Waals surface area contributed by atoms with Gasteiger partial charge in [0.25, 0.3) is 0 Å². The summed E-state index contributed by atoms with van der Waals surface area (Å²) in [5.74, 6) is 0.252. The average molecular weight is 627 g/mol. The molecule has 1 fully saturated rings. The Balaban J connectivity index is 1.36. The summed E-state index contributed by atoms with van der Waals surface area (Å²) in [5.41, 5.74) is 3.48. The minimum Gasteiger partial charge on any atom is -0.497 e. The zero-order valence-electron chi connectivity index (χ0n) is 25.3. The number of ether oxygens (including phenoxy) is 1. The number of hydrogen-bond acceptors (Lipinski definition) is 6. The molecule has 45 heavy (non-hydrogen) atoms. The summed E-state index contributed by atoms with van der Waals surface area (Å²) in [4.78, 5) is 33.8. The Kier molecular flexibility index (Phi) is 10.6. The van der Waals surface area contributed by atoms with Crippen LogP contribution < -0.4 is 14.8 Å². The van der Waals surface area contributed by atoms with E-state index in [9.17, 15) is 18.0 Å². The molecule has 0 aliphatic heterocycles. The van der Waals surface area contributed by atoms with Crippen molar-refractivity contribution in [1.82, 2.24) is 19.9 Å². The number of sulfonamides is 1. The van der Waals surface area contributed by atoms with Crippen molar-refractivity contribution in [2.45, 2.75) is 62.2 Å². The highest BCUT2D eigenvalue weighted by molar-refractivity contribution is 7.89. The number of rotatable bonds is 15. The Bertz CT molecular complexity index is 1660. The number of benzene rings is 3. The third kappa shape index (κ3) is 9.23. The number of carbonyl (C=O) groups excluding carboxylic acids is 2. The summed E-state index contributed by atoms with van der Waals surface area (Å²) in [5, 5.41) is 3.01. The number of nitrogens with zero attached hydrogens (tertiary/aromatic N) is 2. The van der Waals surface area contributed by atoms with Crippen molar-refractivity contribution in [2.75, 3.05) is 7.11 Å². The van der Waals surface area contributed by atoms with E-state index in [1.54, 1.807) is 48.7 Å². The highest BCUT2D eigenvalue weighted by Crippen LogP contribution is 2.23. The first-order valence-electron chi connectivity index (χ1n) is 15.0. The minimum atomic E-state index is -3.56. The van der Waals surface area contributed by atoms with Gasteiger partial charge < -0.3 is 15.0 Å². The van der Waals surface area contributed by atoms with Gasteiger partial charge in [0.1, 0.15) is 11.8 Å². The second-order valence-corrected chi connectivity index (χ2v) is 12.9. The molecule has 0 radical (unpaired) electrons. The average Bonchev–Trinajstić information content (AvgIpc) is 3.89. The van der Waals surface area contributed by atoms with Crippen LogP contribution in [0, 0.1) is 0 Å². The standard InChI is InChI=1S/C35H38N4O5S/c1-44-31-16-9-28(10-17-31)25-39(34(40)20-13-26-11-18-32(19-12-26)45(42,43)38-30-14-15-30)33(22-27-6-3-2-4-7-27)35(41)37-24-29-8-5-21-36-23-29/h2-12,16-19,21,23,30,33,38H,13-15,20,22,24-25H2,1H3,(H,37,41)/t33-/m0/s1. The highest BCUT2D eigenvalue weighted by Gasteiger charge is 2.31. The fourth-order valence-corrected chi connectivity index (χ4v) is 6.32. The largest absolute Gasteiger partial charge is 0.497 e. The van der Waals surface area contributed by atoms with Gasteiger partial charge in [0.05, 0.1) is 12.0 Å². The number of aryl methyl sites for hydroxylation is 1. The van der Waals surface area contributed by atoms with Gasteiger partial charge in [-0.25, -0.2) is 13.1 Å². The maximum Gasteiger partial charge on any atom is 0.243 e. The second-order valence-electron chi connectivity index (χ2n) is 11.2. The molecule has 0 spiro atoms. The van der Waals surface area contributed by atoms with E-state index in [1.807, 2.05) is 66.7 Å². The van der Waals surface area contributed by atoms with E-state index in [-0.39, 0.29) is 42.3 Å². The van der Waals surface area contributed by atoms with Crippen molar-refractivity contribution < 1.29 is 22.7 Å². The highest BCUT2D eigenvalue weighted by atomic mass is 32.2. The van der Waals surface area contributed by atoms with E-state index in [0.717, 1.165) is 35.1 Å². The zero-order chi connectivity index (χ0) is 31.6. The van der Waals surface area contributed by atoms with Crippen LogP contribution in [0.3, 0.4) is 0 Å². The smallest absolute Gasteiger partial charge is 0.243 e. The number of pyridine rings is 1. The number of nitrogens with one attached hydrogen (secondary N) is 2. The molecule has 1 heterocycles. The summed E-state index contributed by atoms with van der Waals surface area (Å²) in [6.07, 6.45) is 5.97. The van der Waals surface area contributed by atoms with Crippen molar-refractivity contribution in [1.29, 1.82) is 0 Å². The Labute approximate surface area is 264 Å². The molecule has 1 saturated carbocycles. The lowest BCUT2D eigenvalue weighted by atomic mass is 10.0. The van der Waals surface area contributed by atoms with Crippen LogP contribution in [-0.2, 0) is 45.5 Å². The van der Waals surface area contributed by atoms with Crippen LogP contribution in [0.1, 0.15) is 41.5 Å². The number of methoxy groups -OCH3 is 1. The van der Waals surface area contributed by atoms with Crippen LogP contribution in [0.5, 0.6) is 5.75 Å². The number of hydrogen-bond donors (Lipinski definition) is 2. The first-order chi connectivity index (χ1) is 21.8. The molecule has 1 aliphatic carbocycles. The van der Waals surface area contributed by atoms with Gasteiger partial charge in [-0.3, -0.25) is 14.6 Å². The van der Waals surface area contributed by atoms with Crippen molar-refractivity contribution in [3.63, 3.8) is 0 Å². The first-order valence-corrected chi connectivity index (χ1v) is 16.5. The Hall–Kier alpha value is -4.54. The maximum absolute atomic E-state index is 14.0. The minimum absolute atomic E-state index is 0.0226. The lowest BCUT2D eigenvalue weighted by Crippen LogP contribution is -2.50. The lowest BCUT2D eigenvalue weighted by molar-refractivity contribution is -0.141. The third-order valence-electron chi connectivity index (χ3n) is 7.73. The van der Waals surface area contributed by atoms with Crippen LogP contribution in [0.15, 0.2) is 108 Å². The summed E-state index contributed by atoms with van der Waals surface area (Å²) < 4.78 is 33.1. The predicted molar refractivity (Wildman–Crippen MR) is 172 cm³/mol. The fourth-order valence-electron chi connectivity index (χ4n) is 5.01. The summed E-state index contributed by atoms with van der Waals surface area (Å²) >= 11 is 0. The van der Waals surface area contributed by atoms with Gasteiger partial charge in [-0.1, -0.05) is 60.7 Å². The molecule has 234 valence electrons. The van der Waals surface area contributed by atoms with Gasteiger partial charge in [0.15, 0.2) is 0 Å². The van der Waals surface area contributed by atoms with Crippen LogP contribution >= 0.6 is 0 Å². The summed E-state index contributed by atoms with van der Waals surface area (Å²) in [6.45, 7) is 0.512. The monoisotopic (exact) mass is 626 g/mol. The molecule has 10 heteroatoms. The number of amides is 2. The Morgan fingerprint density at radius 3 is 2.22 bits per heavy atom. The molecule has 2 amide bonds. The first kappa shape index (κ1) is 31.9. The van der Waals surface area contributed by atoms with Crippen molar-refractivity contribution in [2.24, 2.45) is 0 Å². The van der Waals surface area contributed by atoms with Gasteiger partial charge in [-0.05, 0) is 71.8 Å². The van der Waals surface area contributed by atoms with Crippen LogP contribution in [-0.4, -0.2) is 49.3 Å². The van der Waals surface area contributed by atoms with Crippen LogP contribution in [0.4, 0.5) is 0 Å². The SMILES string of the molecule is COc1ccc(CN(C(=O)CCc2ccc(S(=O)(=O)NC3CC3)cc2)[C@@H](Cc2ccccc2)C(=O)NCc2cccnc2)cc1. The molecular weight excluding hydrogens is 588 g/mol. The normalized spacial score (nSPS) is 13.5. The fraction of sp³-hybridized carbons (Fsp3) is 0.286. The third-order valence-corrected chi connectivity index (χ3v) is 9.27. The van der Waals surface area contributed by atoms with Crippen molar-refractivity contribution in [3.8, 4) is 5.75 Å². The van der Waals surface area contributed by atoms with Gasteiger partial charge in [-0.2, -0.15) is 0 Å². The second kappa shape index (κ2) is 15.0. The number of aromatic nitrogens is 1. The lowest BCUT2D eigenvalue weighted by Gasteiger charge is -2.32. The molecule has 9 nitrogen and oxygen atoms in total. The van der Waals surface area contributed by atoms with Crippen molar-refractivity contribution >= 4 is 21.8 Å². The van der Waals surface area contributed by atoms with Gasteiger partial charge >= 0.3 is 0 Å². The molecule has 4 aromatic rings. The van der Waals surface area contributed by atoms with Gasteiger partial charge in [0.2, 0.25) is 21.8 Å². The molecule has 0 bridgehead atoms. The molecule has 0 unspecified atom stereocenters. The van der Waals surface area contributed by atoms with Gasteiger partial charge in [-0.15, -0.1) is 0 Å². The van der Waals surface area contributed by atoms with E-state index in [4.69, 9.17) is 4.74 Å². The van der Waals surface area contributed by atoms with E-state index >= 15 is 0 Å². The predicted octanol–water partition coefficient (Wildman–Crippen LogP) is 4.42. The van der Waals surface area contributed by atoms with E-state index < -0.39 is 16.1 Å². The summed E-state index contributed by atoms with van der Waals surface area (Å²) in [6, 6.07) is 26.7. The Morgan fingerprint density at radius 1 is 0.889 bits per heavy atom. The topological polar surface area (TPSA) is 118 Å². The van der Waals surface area contributed by atoms with Crippen LogP contribution in [0.2, 0.25) is 0 Å². The van der Waals surface area contributed by atoms with Crippen LogP contribution in [0.25, 0.3) is 0 Å². The molecule has 1 atom stereocenters. The quantitative estimate of drug-likeness (QED) is 0.202. The Morgan fingerprint density at radius 2 is 1.58 bits per heavy atom. The molecular formula is C35H38N4O5S.